The van der Waals surface area contributed by atoms with Crippen LogP contribution in [0.1, 0.15) is 45.4 Å². The van der Waals surface area contributed by atoms with E-state index in [2.05, 4.69) is 11.3 Å². The summed E-state index contributed by atoms with van der Waals surface area (Å²) in [6.45, 7) is 2.72. The summed E-state index contributed by atoms with van der Waals surface area (Å²) < 4.78 is 71.1. The molecule has 0 bridgehead atoms. The van der Waals surface area contributed by atoms with Gasteiger partial charge in [-0.1, -0.05) is 13.0 Å². The Bertz CT molecular complexity index is 493. The van der Waals surface area contributed by atoms with Crippen molar-refractivity contribution in [1.82, 2.24) is 0 Å². The Morgan fingerprint density at radius 2 is 1.62 bits per heavy atom. The third-order valence-electron chi connectivity index (χ3n) is 3.72. The molecule has 0 aromatic heterocycles. The van der Waals surface area contributed by atoms with E-state index in [0.717, 1.165) is 6.42 Å². The van der Waals surface area contributed by atoms with E-state index < -0.39 is 42.7 Å². The van der Waals surface area contributed by atoms with Gasteiger partial charge in [0.05, 0.1) is 6.42 Å². The summed E-state index contributed by atoms with van der Waals surface area (Å²) in [6, 6.07) is 0. The van der Waals surface area contributed by atoms with E-state index in [1.54, 1.807) is 0 Å². The van der Waals surface area contributed by atoms with E-state index in [1.807, 2.05) is 0 Å². The molecule has 1 rings (SSSR count). The SMILES string of the molecule is C=C(C)C(=O)OC1(CC(=O)OCC(F)(F)C(F)(F)F)CCCCC1. The summed E-state index contributed by atoms with van der Waals surface area (Å²) in [5.74, 6) is -7.14. The number of hydrogen-bond acceptors (Lipinski definition) is 4. The molecule has 1 aliphatic rings. The number of hydrogen-bond donors (Lipinski definition) is 0. The van der Waals surface area contributed by atoms with Crippen molar-refractivity contribution in [3.63, 3.8) is 0 Å². The van der Waals surface area contributed by atoms with Gasteiger partial charge in [-0.25, -0.2) is 4.79 Å². The van der Waals surface area contributed by atoms with Crippen LogP contribution in [0, 0.1) is 0 Å². The van der Waals surface area contributed by atoms with Crippen LogP contribution in [0.15, 0.2) is 12.2 Å². The van der Waals surface area contributed by atoms with Crippen molar-refractivity contribution in [3.8, 4) is 0 Å². The van der Waals surface area contributed by atoms with Gasteiger partial charge in [-0.05, 0) is 32.6 Å². The van der Waals surface area contributed by atoms with E-state index in [9.17, 15) is 31.5 Å². The highest BCUT2D eigenvalue weighted by molar-refractivity contribution is 5.87. The molecule has 0 N–H and O–H groups in total. The van der Waals surface area contributed by atoms with Crippen LogP contribution in [-0.4, -0.2) is 36.2 Å². The molecule has 0 atom stereocenters. The standard InChI is InChI=1S/C15H19F5O4/c1-10(2)12(22)24-13(6-4-3-5-7-13)8-11(21)23-9-14(16,17)15(18,19)20/h1,3-9H2,2H3. The fraction of sp³-hybridized carbons (Fsp3) is 0.733. The lowest BCUT2D eigenvalue weighted by Gasteiger charge is -2.36. The second-order valence-corrected chi connectivity index (χ2v) is 5.95. The first-order valence-corrected chi connectivity index (χ1v) is 7.38. The number of esters is 2. The third-order valence-corrected chi connectivity index (χ3v) is 3.72. The molecule has 9 heteroatoms. The van der Waals surface area contributed by atoms with Gasteiger partial charge in [0.1, 0.15) is 5.60 Å². The first-order valence-electron chi connectivity index (χ1n) is 7.38. The number of rotatable bonds is 6. The van der Waals surface area contributed by atoms with Gasteiger partial charge in [-0.15, -0.1) is 0 Å². The molecule has 0 heterocycles. The van der Waals surface area contributed by atoms with Crippen molar-refractivity contribution in [1.29, 1.82) is 0 Å². The Labute approximate surface area is 136 Å². The summed E-state index contributed by atoms with van der Waals surface area (Å²) >= 11 is 0. The highest BCUT2D eigenvalue weighted by Crippen LogP contribution is 2.37. The van der Waals surface area contributed by atoms with Crippen LogP contribution in [0.4, 0.5) is 22.0 Å². The van der Waals surface area contributed by atoms with Gasteiger partial charge in [-0.3, -0.25) is 4.79 Å². The minimum atomic E-state index is -5.80. The lowest BCUT2D eigenvalue weighted by Crippen LogP contribution is -2.43. The van der Waals surface area contributed by atoms with Crippen LogP contribution in [0.3, 0.4) is 0 Å². The Morgan fingerprint density at radius 3 is 2.08 bits per heavy atom. The molecule has 0 aromatic carbocycles. The van der Waals surface area contributed by atoms with Crippen molar-refractivity contribution in [3.05, 3.63) is 12.2 Å². The Kier molecular flexibility index (Phi) is 6.35. The Balaban J connectivity index is 2.71. The molecule has 0 saturated heterocycles. The summed E-state index contributed by atoms with van der Waals surface area (Å²) in [7, 11) is 0. The fourth-order valence-electron chi connectivity index (χ4n) is 2.36. The van der Waals surface area contributed by atoms with Crippen molar-refractivity contribution in [2.75, 3.05) is 6.61 Å². The Morgan fingerprint density at radius 1 is 1.08 bits per heavy atom. The summed E-state index contributed by atoms with van der Waals surface area (Å²) in [6.07, 6.45) is -3.66. The molecule has 0 spiro atoms. The number of carbonyl (C=O) groups is 2. The van der Waals surface area contributed by atoms with Crippen molar-refractivity contribution in [2.24, 2.45) is 0 Å². The van der Waals surface area contributed by atoms with Gasteiger partial charge in [0, 0.05) is 5.57 Å². The zero-order chi connectivity index (χ0) is 18.6. The van der Waals surface area contributed by atoms with Crippen LogP contribution < -0.4 is 0 Å². The summed E-state index contributed by atoms with van der Waals surface area (Å²) in [5, 5.41) is 0. The average molecular weight is 358 g/mol. The van der Waals surface area contributed by atoms with Crippen molar-refractivity contribution < 1.29 is 41.0 Å². The fourth-order valence-corrected chi connectivity index (χ4v) is 2.36. The molecule has 138 valence electrons. The first kappa shape index (κ1) is 20.4. The van der Waals surface area contributed by atoms with E-state index in [-0.39, 0.29) is 5.57 Å². The highest BCUT2D eigenvalue weighted by Gasteiger charge is 2.58. The Hall–Kier alpha value is -1.67. The maximum absolute atomic E-state index is 12.8. The second kappa shape index (κ2) is 7.48. The molecular weight excluding hydrogens is 339 g/mol. The molecule has 0 aliphatic heterocycles. The van der Waals surface area contributed by atoms with Crippen LogP contribution in [0.2, 0.25) is 0 Å². The van der Waals surface area contributed by atoms with Gasteiger partial charge in [0.2, 0.25) is 0 Å². The maximum Gasteiger partial charge on any atom is 0.456 e. The van der Waals surface area contributed by atoms with Gasteiger partial charge in [0.15, 0.2) is 6.61 Å². The number of halogens is 5. The molecule has 24 heavy (non-hydrogen) atoms. The third kappa shape index (κ3) is 5.45. The zero-order valence-corrected chi connectivity index (χ0v) is 13.2. The van der Waals surface area contributed by atoms with Crippen molar-refractivity contribution in [2.45, 2.75) is 63.1 Å². The smallest absolute Gasteiger partial charge is 0.456 e. The second-order valence-electron chi connectivity index (χ2n) is 5.95. The summed E-state index contributed by atoms with van der Waals surface area (Å²) in [5.41, 5.74) is -1.16. The van der Waals surface area contributed by atoms with Gasteiger partial charge < -0.3 is 9.47 Å². The molecule has 0 unspecified atom stereocenters. The highest BCUT2D eigenvalue weighted by atomic mass is 19.4. The number of carbonyl (C=O) groups excluding carboxylic acids is 2. The molecule has 0 amide bonds. The van der Waals surface area contributed by atoms with E-state index in [0.29, 0.717) is 25.7 Å². The molecule has 1 aliphatic carbocycles. The van der Waals surface area contributed by atoms with E-state index in [4.69, 9.17) is 4.74 Å². The van der Waals surface area contributed by atoms with Gasteiger partial charge in [0.25, 0.3) is 0 Å². The van der Waals surface area contributed by atoms with Crippen LogP contribution in [0.5, 0.6) is 0 Å². The van der Waals surface area contributed by atoms with E-state index >= 15 is 0 Å². The lowest BCUT2D eigenvalue weighted by atomic mass is 9.82. The topological polar surface area (TPSA) is 52.6 Å². The summed E-state index contributed by atoms with van der Waals surface area (Å²) in [4.78, 5) is 23.4. The lowest BCUT2D eigenvalue weighted by molar-refractivity contribution is -0.294. The average Bonchev–Trinajstić information content (AvgIpc) is 2.44. The predicted molar refractivity (Wildman–Crippen MR) is 73.3 cm³/mol. The maximum atomic E-state index is 12.8. The minimum Gasteiger partial charge on any atom is -0.459 e. The van der Waals surface area contributed by atoms with Crippen LogP contribution in [0.25, 0.3) is 0 Å². The largest absolute Gasteiger partial charge is 0.459 e. The van der Waals surface area contributed by atoms with Gasteiger partial charge >= 0.3 is 24.0 Å². The molecular formula is C15H19F5O4. The molecule has 1 fully saturated rings. The number of ether oxygens (including phenoxy) is 2. The van der Waals surface area contributed by atoms with Gasteiger partial charge in [-0.2, -0.15) is 22.0 Å². The quantitative estimate of drug-likeness (QED) is 0.410. The first-order chi connectivity index (χ1) is 10.9. The predicted octanol–water partition coefficient (Wildman–Crippen LogP) is 3.94. The number of alkyl halides is 5. The molecule has 4 nitrogen and oxygen atoms in total. The molecule has 0 aromatic rings. The normalized spacial score (nSPS) is 17.9. The van der Waals surface area contributed by atoms with Crippen LogP contribution in [-0.2, 0) is 19.1 Å². The van der Waals surface area contributed by atoms with Crippen LogP contribution >= 0.6 is 0 Å². The van der Waals surface area contributed by atoms with Crippen molar-refractivity contribution >= 4 is 11.9 Å². The monoisotopic (exact) mass is 358 g/mol. The molecule has 0 radical (unpaired) electrons. The van der Waals surface area contributed by atoms with E-state index in [1.165, 1.54) is 6.92 Å². The minimum absolute atomic E-state index is 0.0944. The molecule has 1 saturated carbocycles. The zero-order valence-electron chi connectivity index (χ0n) is 13.2.